The lowest BCUT2D eigenvalue weighted by Gasteiger charge is -2.29. The van der Waals surface area contributed by atoms with Crippen molar-refractivity contribution >= 4 is 29.3 Å². The average molecular weight is 458 g/mol. The molecule has 8 heteroatoms. The lowest BCUT2D eigenvalue weighted by atomic mass is 10.1. The van der Waals surface area contributed by atoms with Gasteiger partial charge in [0.05, 0.1) is 10.7 Å². The van der Waals surface area contributed by atoms with Crippen LogP contribution in [0, 0.1) is 17.0 Å². The van der Waals surface area contributed by atoms with E-state index in [2.05, 4.69) is 5.32 Å². The molecular formula is C24H31N3O4S. The van der Waals surface area contributed by atoms with E-state index in [9.17, 15) is 19.7 Å². The van der Waals surface area contributed by atoms with Gasteiger partial charge in [0.2, 0.25) is 11.8 Å². The molecule has 0 aromatic heterocycles. The van der Waals surface area contributed by atoms with Crippen molar-refractivity contribution in [3.05, 3.63) is 75.3 Å². The minimum absolute atomic E-state index is 0.0392. The number of nitrogens with zero attached hydrogens (tertiary/aromatic N) is 2. The third-order valence-corrected chi connectivity index (χ3v) is 6.23. The van der Waals surface area contributed by atoms with Crippen molar-refractivity contribution in [2.24, 2.45) is 0 Å². The second-order valence-electron chi connectivity index (χ2n) is 7.92. The fourth-order valence-electron chi connectivity index (χ4n) is 3.11. The third kappa shape index (κ3) is 7.67. The average Bonchev–Trinajstić information content (AvgIpc) is 2.77. The molecule has 1 N–H and O–H groups in total. The number of nitro groups is 1. The number of aryl methyl sites for hydroxylation is 1. The van der Waals surface area contributed by atoms with Gasteiger partial charge in [-0.15, -0.1) is 11.8 Å². The Hall–Kier alpha value is -2.87. The SMILES string of the molecule is CCC(C)NC(=O)C(C)N(Cc1cccc(C)c1)C(=O)CSCc1ccc([N+](=O)[O-])cc1. The third-order valence-electron chi connectivity index (χ3n) is 5.25. The van der Waals surface area contributed by atoms with E-state index in [0.29, 0.717) is 12.3 Å². The highest BCUT2D eigenvalue weighted by Gasteiger charge is 2.26. The summed E-state index contributed by atoms with van der Waals surface area (Å²) in [6.07, 6.45) is 0.815. The Morgan fingerprint density at radius 3 is 2.41 bits per heavy atom. The molecule has 2 aromatic rings. The van der Waals surface area contributed by atoms with Crippen LogP contribution in [0.3, 0.4) is 0 Å². The first-order chi connectivity index (χ1) is 15.2. The van der Waals surface area contributed by atoms with Gasteiger partial charge in [-0.3, -0.25) is 19.7 Å². The van der Waals surface area contributed by atoms with Crippen LogP contribution in [0.1, 0.15) is 43.9 Å². The fraction of sp³-hybridized carbons (Fsp3) is 0.417. The normalized spacial score (nSPS) is 12.6. The smallest absolute Gasteiger partial charge is 0.269 e. The number of carbonyl (C=O) groups excluding carboxylic acids is 2. The van der Waals surface area contributed by atoms with Crippen molar-refractivity contribution < 1.29 is 14.5 Å². The van der Waals surface area contributed by atoms with E-state index in [1.54, 1.807) is 24.0 Å². The zero-order chi connectivity index (χ0) is 23.7. The number of rotatable bonds is 11. The van der Waals surface area contributed by atoms with Gasteiger partial charge in [0.15, 0.2) is 0 Å². The Kier molecular flexibility index (Phi) is 9.71. The Morgan fingerprint density at radius 1 is 1.12 bits per heavy atom. The molecule has 0 aliphatic carbocycles. The summed E-state index contributed by atoms with van der Waals surface area (Å²) in [5, 5.41) is 13.7. The largest absolute Gasteiger partial charge is 0.352 e. The zero-order valence-corrected chi connectivity index (χ0v) is 19.9. The van der Waals surface area contributed by atoms with Crippen molar-refractivity contribution in [3.63, 3.8) is 0 Å². The zero-order valence-electron chi connectivity index (χ0n) is 19.0. The monoisotopic (exact) mass is 457 g/mol. The van der Waals surface area contributed by atoms with Crippen LogP contribution in [0.25, 0.3) is 0 Å². The second-order valence-corrected chi connectivity index (χ2v) is 8.91. The van der Waals surface area contributed by atoms with E-state index in [4.69, 9.17) is 0 Å². The maximum atomic E-state index is 13.1. The summed E-state index contributed by atoms with van der Waals surface area (Å²) < 4.78 is 0. The van der Waals surface area contributed by atoms with Crippen molar-refractivity contribution in [2.45, 2.75) is 58.5 Å². The molecule has 2 rings (SSSR count). The van der Waals surface area contributed by atoms with Crippen molar-refractivity contribution in [2.75, 3.05) is 5.75 Å². The van der Waals surface area contributed by atoms with Gasteiger partial charge in [0, 0.05) is 30.5 Å². The summed E-state index contributed by atoms with van der Waals surface area (Å²) in [6.45, 7) is 8.05. The molecule has 2 unspecified atom stereocenters. The quantitative estimate of drug-likeness (QED) is 0.397. The van der Waals surface area contributed by atoms with Gasteiger partial charge < -0.3 is 10.2 Å². The number of carbonyl (C=O) groups is 2. The maximum absolute atomic E-state index is 13.1. The number of nitro benzene ring substituents is 1. The van der Waals surface area contributed by atoms with Crippen LogP contribution in [0.15, 0.2) is 48.5 Å². The minimum Gasteiger partial charge on any atom is -0.352 e. The first kappa shape index (κ1) is 25.4. The summed E-state index contributed by atoms with van der Waals surface area (Å²) >= 11 is 1.43. The predicted octanol–water partition coefficient (Wildman–Crippen LogP) is 4.47. The number of benzene rings is 2. The first-order valence-electron chi connectivity index (χ1n) is 10.7. The molecule has 0 aliphatic rings. The van der Waals surface area contributed by atoms with E-state index < -0.39 is 11.0 Å². The number of non-ortho nitro benzene ring substituents is 1. The molecule has 2 aromatic carbocycles. The number of hydrogen-bond donors (Lipinski definition) is 1. The van der Waals surface area contributed by atoms with Crippen molar-refractivity contribution in [1.29, 1.82) is 0 Å². The van der Waals surface area contributed by atoms with Gasteiger partial charge in [0.25, 0.3) is 5.69 Å². The van der Waals surface area contributed by atoms with Crippen LogP contribution >= 0.6 is 11.8 Å². The molecule has 172 valence electrons. The number of thioether (sulfide) groups is 1. The van der Waals surface area contributed by atoms with Crippen LogP contribution in [0.4, 0.5) is 5.69 Å². The van der Waals surface area contributed by atoms with E-state index in [1.165, 1.54) is 23.9 Å². The predicted molar refractivity (Wildman–Crippen MR) is 128 cm³/mol. The highest BCUT2D eigenvalue weighted by atomic mass is 32.2. The topological polar surface area (TPSA) is 92.6 Å². The van der Waals surface area contributed by atoms with Gasteiger partial charge >= 0.3 is 0 Å². The van der Waals surface area contributed by atoms with Gasteiger partial charge in [0.1, 0.15) is 6.04 Å². The first-order valence-corrected chi connectivity index (χ1v) is 11.8. The molecular weight excluding hydrogens is 426 g/mol. The number of hydrogen-bond acceptors (Lipinski definition) is 5. The van der Waals surface area contributed by atoms with E-state index in [0.717, 1.165) is 23.1 Å². The Labute approximate surface area is 193 Å². The number of nitrogens with one attached hydrogen (secondary N) is 1. The fourth-order valence-corrected chi connectivity index (χ4v) is 3.98. The Balaban J connectivity index is 2.06. The van der Waals surface area contributed by atoms with Crippen LogP contribution in [-0.2, 0) is 21.9 Å². The van der Waals surface area contributed by atoms with Crippen LogP contribution in [-0.4, -0.2) is 39.5 Å². The maximum Gasteiger partial charge on any atom is 0.269 e. The van der Waals surface area contributed by atoms with E-state index in [1.807, 2.05) is 45.0 Å². The molecule has 0 aliphatic heterocycles. The lowest BCUT2D eigenvalue weighted by molar-refractivity contribution is -0.384. The molecule has 0 radical (unpaired) electrons. The van der Waals surface area contributed by atoms with Crippen molar-refractivity contribution in [3.8, 4) is 0 Å². The molecule has 0 spiro atoms. The van der Waals surface area contributed by atoms with E-state index in [-0.39, 0.29) is 29.3 Å². The van der Waals surface area contributed by atoms with Gasteiger partial charge in [-0.1, -0.05) is 48.9 Å². The summed E-state index contributed by atoms with van der Waals surface area (Å²) in [4.78, 5) is 37.8. The van der Waals surface area contributed by atoms with Gasteiger partial charge in [-0.25, -0.2) is 0 Å². The standard InChI is InChI=1S/C24H31N3O4S/c1-5-18(3)25-24(29)19(4)26(14-21-8-6-7-17(2)13-21)23(28)16-32-15-20-9-11-22(12-10-20)27(30)31/h6-13,18-19H,5,14-16H2,1-4H3,(H,25,29). The second kappa shape index (κ2) is 12.2. The van der Waals surface area contributed by atoms with Gasteiger partial charge in [-0.2, -0.15) is 0 Å². The molecule has 7 nitrogen and oxygen atoms in total. The summed E-state index contributed by atoms with van der Waals surface area (Å²) in [5.41, 5.74) is 3.02. The molecule has 0 heterocycles. The summed E-state index contributed by atoms with van der Waals surface area (Å²) in [5.74, 6) is 0.477. The molecule has 0 fully saturated rings. The highest BCUT2D eigenvalue weighted by molar-refractivity contribution is 7.99. The molecule has 2 atom stereocenters. The summed E-state index contributed by atoms with van der Waals surface area (Å²) in [6, 6.07) is 13.7. The molecule has 0 saturated heterocycles. The Bertz CT molecular complexity index is 933. The van der Waals surface area contributed by atoms with Crippen LogP contribution in [0.5, 0.6) is 0 Å². The van der Waals surface area contributed by atoms with E-state index >= 15 is 0 Å². The number of amides is 2. The van der Waals surface area contributed by atoms with Crippen LogP contribution < -0.4 is 5.32 Å². The lowest BCUT2D eigenvalue weighted by Crippen LogP contribution is -2.50. The van der Waals surface area contributed by atoms with Crippen molar-refractivity contribution in [1.82, 2.24) is 10.2 Å². The summed E-state index contributed by atoms with van der Waals surface area (Å²) in [7, 11) is 0. The minimum atomic E-state index is -0.600. The molecule has 0 saturated carbocycles. The molecule has 0 bridgehead atoms. The van der Waals surface area contributed by atoms with Crippen LogP contribution in [0.2, 0.25) is 0 Å². The Morgan fingerprint density at radius 2 is 1.81 bits per heavy atom. The van der Waals surface area contributed by atoms with Gasteiger partial charge in [-0.05, 0) is 38.3 Å². The molecule has 32 heavy (non-hydrogen) atoms. The molecule has 2 amide bonds. The highest BCUT2D eigenvalue weighted by Crippen LogP contribution is 2.19.